The predicted molar refractivity (Wildman–Crippen MR) is 177 cm³/mol. The highest BCUT2D eigenvalue weighted by atomic mass is 35.5. The van der Waals surface area contributed by atoms with Crippen molar-refractivity contribution in [1.29, 1.82) is 0 Å². The second kappa shape index (κ2) is 13.9. The van der Waals surface area contributed by atoms with Gasteiger partial charge in [-0.3, -0.25) is 19.5 Å². The van der Waals surface area contributed by atoms with Gasteiger partial charge in [-0.1, -0.05) is 58.8 Å². The Labute approximate surface area is 277 Å². The molecule has 46 heavy (non-hydrogen) atoms. The van der Waals surface area contributed by atoms with Crippen molar-refractivity contribution in [3.05, 3.63) is 128 Å². The monoisotopic (exact) mass is 681 g/mol. The fraction of sp³-hybridized carbons (Fsp3) is 0.242. The van der Waals surface area contributed by atoms with Gasteiger partial charge in [0.25, 0.3) is 11.2 Å². The molecular formula is C33H29Cl2N3O7S. The number of ether oxygens (including phenoxy) is 3. The van der Waals surface area contributed by atoms with E-state index >= 15 is 0 Å². The van der Waals surface area contributed by atoms with Crippen molar-refractivity contribution in [2.24, 2.45) is 4.99 Å². The van der Waals surface area contributed by atoms with Gasteiger partial charge in [0, 0.05) is 16.7 Å². The van der Waals surface area contributed by atoms with Crippen LogP contribution in [0.15, 0.2) is 75.7 Å². The number of carbonyl (C=O) groups is 1. The van der Waals surface area contributed by atoms with Crippen molar-refractivity contribution in [1.82, 2.24) is 4.57 Å². The van der Waals surface area contributed by atoms with Crippen LogP contribution < -0.4 is 24.4 Å². The summed E-state index contributed by atoms with van der Waals surface area (Å²) in [5, 5.41) is 12.7. The lowest BCUT2D eigenvalue weighted by Gasteiger charge is -2.24. The van der Waals surface area contributed by atoms with E-state index in [1.54, 1.807) is 63.2 Å². The molecule has 3 aromatic carbocycles. The molecule has 1 aliphatic heterocycles. The van der Waals surface area contributed by atoms with Crippen molar-refractivity contribution in [2.75, 3.05) is 13.2 Å². The summed E-state index contributed by atoms with van der Waals surface area (Å²) in [5.74, 6) is 0.0922. The first-order valence-electron chi connectivity index (χ1n) is 14.3. The zero-order chi connectivity index (χ0) is 33.1. The fourth-order valence-electron chi connectivity index (χ4n) is 5.06. The lowest BCUT2D eigenvalue weighted by Crippen LogP contribution is -2.40. The quantitative estimate of drug-likeness (QED) is 0.109. The summed E-state index contributed by atoms with van der Waals surface area (Å²) in [6, 6.07) is 14.3. The third kappa shape index (κ3) is 6.72. The summed E-state index contributed by atoms with van der Waals surface area (Å²) in [5.41, 5.74) is 2.19. The van der Waals surface area contributed by atoms with Crippen molar-refractivity contribution in [3.63, 3.8) is 0 Å². The van der Waals surface area contributed by atoms with Crippen LogP contribution in [0.2, 0.25) is 10.0 Å². The van der Waals surface area contributed by atoms with Crippen LogP contribution in [-0.2, 0) is 16.1 Å². The number of hydrogen-bond donors (Lipinski definition) is 0. The first-order valence-corrected chi connectivity index (χ1v) is 15.9. The highest BCUT2D eigenvalue weighted by molar-refractivity contribution is 7.07. The number of esters is 1. The standard InChI is InChI=1S/C33H29Cl2N3O7S/c1-5-43-26-14-21(13-24(35)30(26)45-17-20-8-11-23(34)12-9-20)15-27-31(39)37-29(22-10-7-18(3)25(16-22)38(41)42)28(32(40)44-6-2)19(4)36-33(37)46-27/h7-16,29H,5-6,17H2,1-4H3. The van der Waals surface area contributed by atoms with Crippen LogP contribution in [0.1, 0.15) is 49.1 Å². The molecule has 0 bridgehead atoms. The van der Waals surface area contributed by atoms with Crippen LogP contribution >= 0.6 is 34.5 Å². The average molecular weight is 683 g/mol. The molecule has 0 saturated carbocycles. The van der Waals surface area contributed by atoms with E-state index < -0.39 is 22.5 Å². The number of nitro benzene ring substituents is 1. The number of aryl methyl sites for hydroxylation is 1. The summed E-state index contributed by atoms with van der Waals surface area (Å²) < 4.78 is 18.9. The number of carbonyl (C=O) groups excluding carboxylic acids is 1. The molecule has 5 rings (SSSR count). The Morgan fingerprint density at radius 3 is 2.48 bits per heavy atom. The first kappa shape index (κ1) is 32.9. The number of fused-ring (bicyclic) bond motifs is 1. The Morgan fingerprint density at radius 1 is 1.07 bits per heavy atom. The minimum Gasteiger partial charge on any atom is -0.490 e. The van der Waals surface area contributed by atoms with E-state index in [1.165, 1.54) is 10.6 Å². The van der Waals surface area contributed by atoms with Gasteiger partial charge in [0.2, 0.25) is 0 Å². The molecule has 0 radical (unpaired) electrons. The van der Waals surface area contributed by atoms with Gasteiger partial charge in [-0.25, -0.2) is 9.79 Å². The van der Waals surface area contributed by atoms with Crippen LogP contribution in [0, 0.1) is 17.0 Å². The fourth-order valence-corrected chi connectivity index (χ4v) is 6.51. The molecule has 13 heteroatoms. The number of rotatable bonds is 10. The molecule has 0 fully saturated rings. The third-order valence-corrected chi connectivity index (χ3v) is 8.70. The molecule has 0 spiro atoms. The number of thiazole rings is 1. The third-order valence-electron chi connectivity index (χ3n) is 7.19. The molecule has 10 nitrogen and oxygen atoms in total. The van der Waals surface area contributed by atoms with Gasteiger partial charge in [0.05, 0.1) is 45.0 Å². The Hall–Kier alpha value is -4.45. The predicted octanol–water partition coefficient (Wildman–Crippen LogP) is 6.30. The van der Waals surface area contributed by atoms with Gasteiger partial charge in [-0.15, -0.1) is 0 Å². The van der Waals surface area contributed by atoms with Crippen LogP contribution in [0.25, 0.3) is 6.08 Å². The van der Waals surface area contributed by atoms with Gasteiger partial charge in [0.15, 0.2) is 16.3 Å². The van der Waals surface area contributed by atoms with Crippen molar-refractivity contribution >= 4 is 52.3 Å². The number of hydrogen-bond acceptors (Lipinski definition) is 9. The van der Waals surface area contributed by atoms with E-state index in [1.807, 2.05) is 19.1 Å². The molecular weight excluding hydrogens is 653 g/mol. The van der Waals surface area contributed by atoms with Gasteiger partial charge < -0.3 is 14.2 Å². The smallest absolute Gasteiger partial charge is 0.338 e. The topological polar surface area (TPSA) is 122 Å². The van der Waals surface area contributed by atoms with E-state index in [9.17, 15) is 19.7 Å². The van der Waals surface area contributed by atoms with Crippen LogP contribution in [0.3, 0.4) is 0 Å². The number of allylic oxidation sites excluding steroid dienone is 1. The molecule has 2 heterocycles. The molecule has 4 aromatic rings. The zero-order valence-corrected chi connectivity index (χ0v) is 27.7. The maximum absolute atomic E-state index is 14.0. The van der Waals surface area contributed by atoms with E-state index in [0.717, 1.165) is 16.9 Å². The lowest BCUT2D eigenvalue weighted by atomic mass is 9.94. The minimum absolute atomic E-state index is 0.100. The van der Waals surface area contributed by atoms with Crippen LogP contribution in [0.4, 0.5) is 5.69 Å². The molecule has 1 atom stereocenters. The summed E-state index contributed by atoms with van der Waals surface area (Å²) in [4.78, 5) is 43.4. The second-order valence-corrected chi connectivity index (χ2v) is 12.1. The van der Waals surface area contributed by atoms with Crippen LogP contribution in [-0.4, -0.2) is 28.7 Å². The normalized spacial score (nSPS) is 14.5. The summed E-state index contributed by atoms with van der Waals surface area (Å²) in [7, 11) is 0. The van der Waals surface area contributed by atoms with E-state index in [2.05, 4.69) is 4.99 Å². The van der Waals surface area contributed by atoms with Crippen molar-refractivity contribution < 1.29 is 23.9 Å². The maximum Gasteiger partial charge on any atom is 0.338 e. The van der Waals surface area contributed by atoms with Gasteiger partial charge in [0.1, 0.15) is 6.61 Å². The van der Waals surface area contributed by atoms with Gasteiger partial charge >= 0.3 is 5.97 Å². The van der Waals surface area contributed by atoms with Crippen molar-refractivity contribution in [2.45, 2.75) is 40.3 Å². The van der Waals surface area contributed by atoms with E-state index in [-0.39, 0.29) is 29.5 Å². The Morgan fingerprint density at radius 2 is 1.80 bits per heavy atom. The largest absolute Gasteiger partial charge is 0.490 e. The highest BCUT2D eigenvalue weighted by Crippen LogP contribution is 2.38. The van der Waals surface area contributed by atoms with Gasteiger partial charge in [-0.05, 0) is 74.7 Å². The molecule has 0 N–H and O–H groups in total. The molecule has 0 amide bonds. The number of nitrogens with zero attached hydrogens (tertiary/aromatic N) is 3. The summed E-state index contributed by atoms with van der Waals surface area (Å²) in [6.07, 6.45) is 1.65. The Kier molecular flexibility index (Phi) is 9.95. The number of halogens is 2. The first-order chi connectivity index (χ1) is 22.0. The molecule has 0 saturated heterocycles. The number of aromatic nitrogens is 1. The number of nitro groups is 1. The van der Waals surface area contributed by atoms with Crippen molar-refractivity contribution in [3.8, 4) is 11.5 Å². The number of benzene rings is 3. The molecule has 1 aliphatic rings. The zero-order valence-electron chi connectivity index (χ0n) is 25.3. The highest BCUT2D eigenvalue weighted by Gasteiger charge is 2.34. The van der Waals surface area contributed by atoms with Gasteiger partial charge in [-0.2, -0.15) is 0 Å². The maximum atomic E-state index is 14.0. The van der Waals surface area contributed by atoms with E-state index in [0.29, 0.717) is 54.8 Å². The summed E-state index contributed by atoms with van der Waals surface area (Å²) >= 11 is 13.8. The second-order valence-electron chi connectivity index (χ2n) is 10.3. The lowest BCUT2D eigenvalue weighted by molar-refractivity contribution is -0.385. The van der Waals surface area contributed by atoms with Crippen LogP contribution in [0.5, 0.6) is 11.5 Å². The molecule has 0 aliphatic carbocycles. The Balaban J connectivity index is 1.61. The minimum atomic E-state index is -0.997. The van der Waals surface area contributed by atoms with E-state index in [4.69, 9.17) is 37.4 Å². The molecule has 238 valence electrons. The molecule has 1 unspecified atom stereocenters. The molecule has 1 aromatic heterocycles. The average Bonchev–Trinajstić information content (AvgIpc) is 3.31. The summed E-state index contributed by atoms with van der Waals surface area (Å²) in [6.45, 7) is 7.45. The Bertz CT molecular complexity index is 2050. The SMILES string of the molecule is CCOC(=O)C1=C(C)N=c2sc(=Cc3cc(Cl)c(OCc4ccc(Cl)cc4)c(OCC)c3)c(=O)n2C1c1ccc(C)c([N+](=O)[O-])c1.